The molecule has 2 bridgehead atoms. The highest BCUT2D eigenvalue weighted by Gasteiger charge is 2.44. The third-order valence-electron chi connectivity index (χ3n) is 6.54. The van der Waals surface area contributed by atoms with Crippen molar-refractivity contribution in [2.45, 2.75) is 77.3 Å². The fourth-order valence-electron chi connectivity index (χ4n) is 5.30. The molecule has 0 radical (unpaired) electrons. The van der Waals surface area contributed by atoms with E-state index in [-0.39, 0.29) is 36.0 Å². The van der Waals surface area contributed by atoms with E-state index in [2.05, 4.69) is 35.9 Å². The Morgan fingerprint density at radius 1 is 1.26 bits per heavy atom. The summed E-state index contributed by atoms with van der Waals surface area (Å²) < 4.78 is 7.42. The topological polar surface area (TPSA) is 73.2 Å². The molecule has 0 unspecified atom stereocenters. The number of esters is 1. The van der Waals surface area contributed by atoms with Gasteiger partial charge in [-0.2, -0.15) is 5.10 Å². The van der Waals surface area contributed by atoms with Crippen LogP contribution in [0, 0.1) is 17.8 Å². The largest absolute Gasteiger partial charge is 0.455 e. The van der Waals surface area contributed by atoms with Crippen molar-refractivity contribution in [3.8, 4) is 0 Å². The maximum Gasteiger partial charge on any atom is 0.309 e. The van der Waals surface area contributed by atoms with Crippen molar-refractivity contribution in [2.24, 2.45) is 17.8 Å². The lowest BCUT2D eigenvalue weighted by Crippen LogP contribution is -2.36. The maximum absolute atomic E-state index is 12.4. The Labute approximate surface area is 161 Å². The van der Waals surface area contributed by atoms with Gasteiger partial charge in [-0.25, -0.2) is 0 Å². The first-order valence-corrected chi connectivity index (χ1v) is 10.4. The van der Waals surface area contributed by atoms with Crippen LogP contribution in [0.3, 0.4) is 0 Å². The fraction of sp³-hybridized carbons (Fsp3) is 0.762. The number of nitrogens with zero attached hydrogens (tertiary/aromatic N) is 2. The molecule has 4 atom stereocenters. The van der Waals surface area contributed by atoms with Crippen molar-refractivity contribution in [3.05, 3.63) is 17.5 Å². The van der Waals surface area contributed by atoms with Gasteiger partial charge in [-0.15, -0.1) is 0 Å². The molecular weight excluding hydrogens is 342 g/mol. The summed E-state index contributed by atoms with van der Waals surface area (Å²) >= 11 is 0. The number of ether oxygens (including phenoxy) is 1. The Kier molecular flexibility index (Phi) is 4.77. The molecule has 6 heteroatoms. The highest BCUT2D eigenvalue weighted by Crippen LogP contribution is 2.48. The number of aromatic nitrogens is 2. The minimum absolute atomic E-state index is 0.0165. The van der Waals surface area contributed by atoms with E-state index in [9.17, 15) is 9.59 Å². The zero-order chi connectivity index (χ0) is 19.2. The van der Waals surface area contributed by atoms with Crippen molar-refractivity contribution in [2.75, 3.05) is 6.61 Å². The van der Waals surface area contributed by atoms with Gasteiger partial charge in [0.15, 0.2) is 6.61 Å². The lowest BCUT2D eigenvalue weighted by atomic mass is 9.89. The molecular formula is C21H31N3O3. The predicted molar refractivity (Wildman–Crippen MR) is 101 cm³/mol. The maximum atomic E-state index is 12.4. The predicted octanol–water partition coefficient (Wildman–Crippen LogP) is 3.11. The molecule has 2 saturated carbocycles. The second-order valence-corrected chi connectivity index (χ2v) is 9.53. The van der Waals surface area contributed by atoms with Crippen LogP contribution in [-0.2, 0) is 26.3 Å². The van der Waals surface area contributed by atoms with Crippen molar-refractivity contribution < 1.29 is 14.3 Å². The molecule has 1 aromatic rings. The smallest absolute Gasteiger partial charge is 0.309 e. The summed E-state index contributed by atoms with van der Waals surface area (Å²) in [6.07, 6.45) is 9.28. The van der Waals surface area contributed by atoms with E-state index < -0.39 is 0 Å². The second kappa shape index (κ2) is 6.95. The molecule has 1 heterocycles. The van der Waals surface area contributed by atoms with Crippen LogP contribution in [0.25, 0.3) is 0 Å². The van der Waals surface area contributed by atoms with Gasteiger partial charge in [-0.3, -0.25) is 14.3 Å². The molecule has 2 fully saturated rings. The van der Waals surface area contributed by atoms with Crippen molar-refractivity contribution in [3.63, 3.8) is 0 Å². The summed E-state index contributed by atoms with van der Waals surface area (Å²) in [6, 6.07) is -0.0430. The van der Waals surface area contributed by atoms with Crippen molar-refractivity contribution >= 4 is 11.9 Å². The van der Waals surface area contributed by atoms with Gasteiger partial charge < -0.3 is 10.1 Å². The molecule has 1 N–H and O–H groups in total. The van der Waals surface area contributed by atoms with Crippen LogP contribution in [0.1, 0.15) is 76.6 Å². The van der Waals surface area contributed by atoms with E-state index in [4.69, 9.17) is 4.74 Å². The third-order valence-corrected chi connectivity index (χ3v) is 6.54. The van der Waals surface area contributed by atoms with Gasteiger partial charge in [0.25, 0.3) is 5.91 Å². The number of rotatable bonds is 4. The molecule has 1 aromatic heterocycles. The van der Waals surface area contributed by atoms with E-state index in [1.54, 1.807) is 0 Å². The highest BCUT2D eigenvalue weighted by molar-refractivity contribution is 5.81. The molecule has 0 aliphatic heterocycles. The summed E-state index contributed by atoms with van der Waals surface area (Å²) in [5.74, 6) is 0.800. The number of amides is 1. The summed E-state index contributed by atoms with van der Waals surface area (Å²) in [6.45, 7) is 6.23. The van der Waals surface area contributed by atoms with E-state index in [1.165, 1.54) is 12.1 Å². The van der Waals surface area contributed by atoms with Crippen LogP contribution in [0.15, 0.2) is 6.20 Å². The quantitative estimate of drug-likeness (QED) is 0.823. The number of fused-ring (bicyclic) bond motifs is 3. The van der Waals surface area contributed by atoms with Gasteiger partial charge in [-0.05, 0) is 71.1 Å². The minimum atomic E-state index is -0.215. The van der Waals surface area contributed by atoms with Crippen LogP contribution in [0.5, 0.6) is 0 Å². The minimum Gasteiger partial charge on any atom is -0.455 e. The third kappa shape index (κ3) is 3.63. The Bertz CT molecular complexity index is 734. The molecule has 1 amide bonds. The highest BCUT2D eigenvalue weighted by atomic mass is 16.5. The molecule has 0 spiro atoms. The Balaban J connectivity index is 1.33. The fourth-order valence-corrected chi connectivity index (χ4v) is 5.30. The molecule has 4 rings (SSSR count). The van der Waals surface area contributed by atoms with Crippen molar-refractivity contribution in [1.82, 2.24) is 15.1 Å². The van der Waals surface area contributed by atoms with Crippen LogP contribution < -0.4 is 5.32 Å². The number of carbonyl (C=O) groups excluding carboxylic acids is 2. The molecule has 6 nitrogen and oxygen atoms in total. The van der Waals surface area contributed by atoms with E-state index >= 15 is 0 Å². The molecule has 0 aromatic carbocycles. The van der Waals surface area contributed by atoms with Gasteiger partial charge in [0.1, 0.15) is 0 Å². The van der Waals surface area contributed by atoms with Gasteiger partial charge >= 0.3 is 5.97 Å². The van der Waals surface area contributed by atoms with Crippen LogP contribution in [-0.4, -0.2) is 28.3 Å². The Morgan fingerprint density at radius 3 is 2.74 bits per heavy atom. The average molecular weight is 373 g/mol. The molecule has 3 aliphatic rings. The summed E-state index contributed by atoms with van der Waals surface area (Å²) in [5.41, 5.74) is 2.23. The van der Waals surface area contributed by atoms with Crippen LogP contribution in [0.4, 0.5) is 0 Å². The summed E-state index contributed by atoms with van der Waals surface area (Å²) in [5, 5.41) is 7.61. The van der Waals surface area contributed by atoms with Gasteiger partial charge in [0.2, 0.25) is 0 Å². The standard InChI is InChI=1S/C21H31N3O3/c1-21(2,3)24-18-6-4-5-17(16(18)11-22-24)23-19(25)12-27-20(26)15-10-13-7-8-14(15)9-13/h11,13-15,17H,4-10,12H2,1-3H3,(H,23,25)/t13-,14-,15+,17-/m0/s1. The normalized spacial score (nSPS) is 29.4. The lowest BCUT2D eigenvalue weighted by molar-refractivity contribution is -0.154. The van der Waals surface area contributed by atoms with Gasteiger partial charge in [0.05, 0.1) is 23.7 Å². The first-order chi connectivity index (χ1) is 12.8. The molecule has 3 aliphatic carbocycles. The van der Waals surface area contributed by atoms with Crippen LogP contribution in [0.2, 0.25) is 0 Å². The number of hydrogen-bond acceptors (Lipinski definition) is 4. The van der Waals surface area contributed by atoms with Crippen LogP contribution >= 0.6 is 0 Å². The molecule has 148 valence electrons. The van der Waals surface area contributed by atoms with E-state index in [0.717, 1.165) is 44.1 Å². The zero-order valence-corrected chi connectivity index (χ0v) is 16.7. The van der Waals surface area contributed by atoms with E-state index in [1.807, 2.05) is 6.20 Å². The number of carbonyl (C=O) groups is 2. The lowest BCUT2D eigenvalue weighted by Gasteiger charge is -2.28. The first-order valence-electron chi connectivity index (χ1n) is 10.4. The Morgan fingerprint density at radius 2 is 2.07 bits per heavy atom. The SMILES string of the molecule is CC(C)(C)n1ncc2c1CCC[C@@H]2NC(=O)COC(=O)[C@@H]1C[C@H]2CC[C@H]1C2. The summed E-state index contributed by atoms with van der Waals surface area (Å²) in [7, 11) is 0. The number of nitrogens with one attached hydrogen (secondary N) is 1. The van der Waals surface area contributed by atoms with E-state index in [0.29, 0.717) is 11.8 Å². The Hall–Kier alpha value is -1.85. The van der Waals surface area contributed by atoms with Crippen molar-refractivity contribution in [1.29, 1.82) is 0 Å². The average Bonchev–Trinajstić information content (AvgIpc) is 3.33. The first kappa shape index (κ1) is 18.5. The van der Waals surface area contributed by atoms with Gasteiger partial charge in [-0.1, -0.05) is 6.42 Å². The summed E-state index contributed by atoms with van der Waals surface area (Å²) in [4.78, 5) is 24.7. The second-order valence-electron chi connectivity index (χ2n) is 9.53. The monoisotopic (exact) mass is 373 g/mol. The molecule has 27 heavy (non-hydrogen) atoms. The zero-order valence-electron chi connectivity index (χ0n) is 16.7. The molecule has 0 saturated heterocycles. The number of hydrogen-bond donors (Lipinski definition) is 1. The van der Waals surface area contributed by atoms with Gasteiger partial charge in [0, 0.05) is 11.3 Å².